The highest BCUT2D eigenvalue weighted by atomic mass is 19.1. The van der Waals surface area contributed by atoms with Gasteiger partial charge in [-0.25, -0.2) is 4.39 Å². The molecule has 3 heterocycles. The SMILES string of the molecule is CC(C)(C)c1nnc2ccc(N3CCC(Cc4ccc(F)cc4)C3)nn12. The summed E-state index contributed by atoms with van der Waals surface area (Å²) in [6, 6.07) is 10.9. The molecule has 1 aliphatic rings. The monoisotopic (exact) mass is 353 g/mol. The van der Waals surface area contributed by atoms with E-state index < -0.39 is 0 Å². The van der Waals surface area contributed by atoms with E-state index in [9.17, 15) is 4.39 Å². The van der Waals surface area contributed by atoms with Crippen LogP contribution in [0.3, 0.4) is 0 Å². The van der Waals surface area contributed by atoms with Gasteiger partial charge < -0.3 is 4.90 Å². The molecule has 0 saturated carbocycles. The van der Waals surface area contributed by atoms with Crippen LogP contribution < -0.4 is 4.90 Å². The van der Waals surface area contributed by atoms with Gasteiger partial charge in [0, 0.05) is 18.5 Å². The molecule has 1 aliphatic heterocycles. The van der Waals surface area contributed by atoms with Gasteiger partial charge in [-0.15, -0.1) is 15.3 Å². The van der Waals surface area contributed by atoms with E-state index in [0.717, 1.165) is 43.2 Å². The van der Waals surface area contributed by atoms with Gasteiger partial charge in [-0.05, 0) is 48.6 Å². The van der Waals surface area contributed by atoms with Crippen molar-refractivity contribution in [3.05, 3.63) is 53.6 Å². The molecule has 2 aromatic heterocycles. The normalized spacial score (nSPS) is 18.0. The highest BCUT2D eigenvalue weighted by Gasteiger charge is 2.26. The van der Waals surface area contributed by atoms with Gasteiger partial charge in [0.1, 0.15) is 11.6 Å². The standard InChI is InChI=1S/C20H24FN5/c1-20(2,3)19-23-22-17-8-9-18(24-26(17)19)25-11-10-15(13-25)12-14-4-6-16(21)7-5-14/h4-9,15H,10-13H2,1-3H3. The molecule has 0 spiro atoms. The Hall–Kier alpha value is -2.50. The summed E-state index contributed by atoms with van der Waals surface area (Å²) in [6.07, 6.45) is 2.09. The number of fused-ring (bicyclic) bond motifs is 1. The predicted octanol–water partition coefficient (Wildman–Crippen LogP) is 3.63. The summed E-state index contributed by atoms with van der Waals surface area (Å²) in [5.41, 5.74) is 1.86. The van der Waals surface area contributed by atoms with Crippen molar-refractivity contribution in [1.82, 2.24) is 19.8 Å². The highest BCUT2D eigenvalue weighted by Crippen LogP contribution is 2.26. The third kappa shape index (κ3) is 3.28. The topological polar surface area (TPSA) is 46.3 Å². The minimum Gasteiger partial charge on any atom is -0.355 e. The Morgan fingerprint density at radius 1 is 1.08 bits per heavy atom. The lowest BCUT2D eigenvalue weighted by Gasteiger charge is -2.19. The summed E-state index contributed by atoms with van der Waals surface area (Å²) < 4.78 is 14.9. The Morgan fingerprint density at radius 2 is 1.85 bits per heavy atom. The number of hydrogen-bond donors (Lipinski definition) is 0. The van der Waals surface area contributed by atoms with Crippen molar-refractivity contribution in [3.8, 4) is 0 Å². The molecule has 5 nitrogen and oxygen atoms in total. The average Bonchev–Trinajstić information content (AvgIpc) is 3.22. The first-order valence-electron chi connectivity index (χ1n) is 9.12. The number of rotatable bonds is 3. The number of aromatic nitrogens is 4. The fourth-order valence-corrected chi connectivity index (χ4v) is 3.58. The fourth-order valence-electron chi connectivity index (χ4n) is 3.58. The second kappa shape index (κ2) is 6.34. The Bertz CT molecular complexity index is 910. The first-order chi connectivity index (χ1) is 12.4. The van der Waals surface area contributed by atoms with Gasteiger partial charge in [-0.2, -0.15) is 4.52 Å². The van der Waals surface area contributed by atoms with Crippen LogP contribution in [0, 0.1) is 11.7 Å². The molecule has 3 aromatic rings. The van der Waals surface area contributed by atoms with Gasteiger partial charge in [0.25, 0.3) is 0 Å². The van der Waals surface area contributed by atoms with E-state index in [4.69, 9.17) is 5.10 Å². The summed E-state index contributed by atoms with van der Waals surface area (Å²) in [5.74, 6) is 2.21. The molecule has 1 unspecified atom stereocenters. The van der Waals surface area contributed by atoms with Crippen molar-refractivity contribution < 1.29 is 4.39 Å². The zero-order valence-corrected chi connectivity index (χ0v) is 15.5. The summed E-state index contributed by atoms with van der Waals surface area (Å²) in [7, 11) is 0. The van der Waals surface area contributed by atoms with Crippen molar-refractivity contribution in [3.63, 3.8) is 0 Å². The molecule has 1 aromatic carbocycles. The number of nitrogens with zero attached hydrogens (tertiary/aromatic N) is 5. The fraction of sp³-hybridized carbons (Fsp3) is 0.450. The molecule has 26 heavy (non-hydrogen) atoms. The summed E-state index contributed by atoms with van der Waals surface area (Å²) in [5, 5.41) is 13.4. The molecule has 1 atom stereocenters. The molecule has 136 valence electrons. The van der Waals surface area contributed by atoms with Gasteiger partial charge >= 0.3 is 0 Å². The first kappa shape index (κ1) is 16.9. The van der Waals surface area contributed by atoms with E-state index in [1.54, 1.807) is 0 Å². The minimum atomic E-state index is -0.178. The Balaban J connectivity index is 1.52. The number of anilines is 1. The molecule has 0 amide bonds. The Kier molecular flexibility index (Phi) is 4.13. The quantitative estimate of drug-likeness (QED) is 0.721. The smallest absolute Gasteiger partial charge is 0.178 e. The van der Waals surface area contributed by atoms with Crippen LogP contribution in [0.4, 0.5) is 10.2 Å². The maximum Gasteiger partial charge on any atom is 0.178 e. The molecule has 0 bridgehead atoms. The van der Waals surface area contributed by atoms with E-state index in [1.165, 1.54) is 17.7 Å². The first-order valence-corrected chi connectivity index (χ1v) is 9.12. The molecular formula is C20H24FN5. The molecule has 4 rings (SSSR count). The lowest BCUT2D eigenvalue weighted by molar-refractivity contribution is 0.526. The lowest BCUT2D eigenvalue weighted by Crippen LogP contribution is -2.23. The van der Waals surface area contributed by atoms with Crippen molar-refractivity contribution in [2.75, 3.05) is 18.0 Å². The second-order valence-electron chi connectivity index (χ2n) is 8.17. The zero-order chi connectivity index (χ0) is 18.3. The number of halogens is 1. The van der Waals surface area contributed by atoms with Crippen LogP contribution in [-0.4, -0.2) is 32.9 Å². The van der Waals surface area contributed by atoms with E-state index in [-0.39, 0.29) is 11.2 Å². The third-order valence-electron chi connectivity index (χ3n) is 4.97. The van der Waals surface area contributed by atoms with Crippen LogP contribution in [-0.2, 0) is 11.8 Å². The van der Waals surface area contributed by atoms with Crippen LogP contribution in [0.2, 0.25) is 0 Å². The number of benzene rings is 1. The van der Waals surface area contributed by atoms with Gasteiger partial charge in [0.2, 0.25) is 0 Å². The van der Waals surface area contributed by atoms with Gasteiger partial charge in [-0.1, -0.05) is 32.9 Å². The molecule has 1 saturated heterocycles. The molecule has 6 heteroatoms. The summed E-state index contributed by atoms with van der Waals surface area (Å²) in [4.78, 5) is 2.32. The number of hydrogen-bond acceptors (Lipinski definition) is 4. The minimum absolute atomic E-state index is 0.110. The molecule has 1 fully saturated rings. The third-order valence-corrected chi connectivity index (χ3v) is 4.97. The highest BCUT2D eigenvalue weighted by molar-refractivity contribution is 5.47. The maximum absolute atomic E-state index is 13.1. The van der Waals surface area contributed by atoms with Crippen LogP contribution in [0.25, 0.3) is 5.65 Å². The molecule has 0 N–H and O–H groups in total. The second-order valence-corrected chi connectivity index (χ2v) is 8.17. The van der Waals surface area contributed by atoms with E-state index >= 15 is 0 Å². The average molecular weight is 353 g/mol. The van der Waals surface area contributed by atoms with E-state index in [1.807, 2.05) is 28.8 Å². The maximum atomic E-state index is 13.1. The van der Waals surface area contributed by atoms with Gasteiger partial charge in [-0.3, -0.25) is 0 Å². The Labute approximate surface area is 152 Å². The van der Waals surface area contributed by atoms with Crippen LogP contribution >= 0.6 is 0 Å². The van der Waals surface area contributed by atoms with E-state index in [0.29, 0.717) is 5.92 Å². The van der Waals surface area contributed by atoms with Crippen molar-refractivity contribution >= 4 is 11.5 Å². The summed E-state index contributed by atoms with van der Waals surface area (Å²) >= 11 is 0. The van der Waals surface area contributed by atoms with Gasteiger partial charge in [0.05, 0.1) is 0 Å². The molecular weight excluding hydrogens is 329 g/mol. The van der Waals surface area contributed by atoms with Crippen molar-refractivity contribution in [2.45, 2.75) is 39.0 Å². The molecule has 0 radical (unpaired) electrons. The largest absolute Gasteiger partial charge is 0.355 e. The van der Waals surface area contributed by atoms with Crippen LogP contribution in [0.1, 0.15) is 38.6 Å². The van der Waals surface area contributed by atoms with E-state index in [2.05, 4.69) is 35.9 Å². The molecule has 0 aliphatic carbocycles. The van der Waals surface area contributed by atoms with Crippen molar-refractivity contribution in [2.24, 2.45) is 5.92 Å². The summed E-state index contributed by atoms with van der Waals surface area (Å²) in [6.45, 7) is 8.30. The zero-order valence-electron chi connectivity index (χ0n) is 15.5. The van der Waals surface area contributed by atoms with Crippen LogP contribution in [0.5, 0.6) is 0 Å². The lowest BCUT2D eigenvalue weighted by atomic mass is 9.96. The Morgan fingerprint density at radius 3 is 2.58 bits per heavy atom. The van der Waals surface area contributed by atoms with Crippen LogP contribution in [0.15, 0.2) is 36.4 Å². The van der Waals surface area contributed by atoms with Crippen molar-refractivity contribution in [1.29, 1.82) is 0 Å². The van der Waals surface area contributed by atoms with Gasteiger partial charge in [0.15, 0.2) is 11.5 Å². The predicted molar refractivity (Wildman–Crippen MR) is 99.9 cm³/mol.